The van der Waals surface area contributed by atoms with Crippen molar-refractivity contribution in [1.82, 2.24) is 0 Å². The molecule has 2 aromatic carbocycles. The van der Waals surface area contributed by atoms with Crippen LogP contribution in [0.2, 0.25) is 0 Å². The third-order valence-electron chi connectivity index (χ3n) is 3.47. The Morgan fingerprint density at radius 1 is 1.12 bits per heavy atom. The van der Waals surface area contributed by atoms with E-state index in [2.05, 4.69) is 5.32 Å². The van der Waals surface area contributed by atoms with Crippen LogP contribution >= 0.6 is 0 Å². The van der Waals surface area contributed by atoms with Gasteiger partial charge >= 0.3 is 5.97 Å². The van der Waals surface area contributed by atoms with Crippen LogP contribution in [0.15, 0.2) is 42.5 Å². The quantitative estimate of drug-likeness (QED) is 0.507. The molecule has 0 heterocycles. The first-order valence-corrected chi connectivity index (χ1v) is 7.66. The van der Waals surface area contributed by atoms with Gasteiger partial charge in [-0.1, -0.05) is 6.07 Å². The normalized spacial score (nSPS) is 10.4. The molecule has 0 aliphatic carbocycles. The molecule has 7 nitrogen and oxygen atoms in total. The molecule has 0 radical (unpaired) electrons. The van der Waals surface area contributed by atoms with Crippen molar-refractivity contribution >= 4 is 23.3 Å². The van der Waals surface area contributed by atoms with E-state index < -0.39 is 16.8 Å². The van der Waals surface area contributed by atoms with Gasteiger partial charge in [0, 0.05) is 22.9 Å². The van der Waals surface area contributed by atoms with Gasteiger partial charge in [-0.15, -0.1) is 0 Å². The summed E-state index contributed by atoms with van der Waals surface area (Å²) in [5, 5.41) is 13.6. The van der Waals surface area contributed by atoms with Crippen molar-refractivity contribution in [2.75, 3.05) is 5.32 Å². The number of benzene rings is 2. The largest absolute Gasteiger partial charge is 0.459 e. The van der Waals surface area contributed by atoms with Crippen LogP contribution in [-0.4, -0.2) is 22.9 Å². The van der Waals surface area contributed by atoms with Crippen LogP contribution in [0.25, 0.3) is 0 Å². The Kier molecular flexibility index (Phi) is 5.49. The zero-order valence-electron chi connectivity index (χ0n) is 14.1. The van der Waals surface area contributed by atoms with Gasteiger partial charge < -0.3 is 10.1 Å². The van der Waals surface area contributed by atoms with Gasteiger partial charge in [-0.2, -0.15) is 0 Å². The third-order valence-corrected chi connectivity index (χ3v) is 3.47. The Morgan fingerprint density at radius 3 is 2.32 bits per heavy atom. The minimum atomic E-state index is -0.527. The topological polar surface area (TPSA) is 98.5 Å². The molecule has 0 unspecified atom stereocenters. The van der Waals surface area contributed by atoms with Gasteiger partial charge in [0.2, 0.25) is 0 Å². The number of nitrogens with zero attached hydrogens (tertiary/aromatic N) is 1. The van der Waals surface area contributed by atoms with Gasteiger partial charge in [0.15, 0.2) is 0 Å². The lowest BCUT2D eigenvalue weighted by Crippen LogP contribution is -2.15. The first-order chi connectivity index (χ1) is 11.8. The number of hydrogen-bond donors (Lipinski definition) is 1. The molecule has 1 amide bonds. The van der Waals surface area contributed by atoms with Gasteiger partial charge in [-0.05, 0) is 51.1 Å². The standard InChI is InChI=1S/C18H18N2O5/c1-11(2)25-18(22)13-7-9-14(10-8-13)19-17(21)15-5-4-6-16(12(15)3)20(23)24/h4-11H,1-3H3,(H,19,21). The van der Waals surface area contributed by atoms with Crippen LogP contribution in [0.4, 0.5) is 11.4 Å². The first kappa shape index (κ1) is 18.1. The maximum Gasteiger partial charge on any atom is 0.338 e. The van der Waals surface area contributed by atoms with Crippen molar-refractivity contribution in [1.29, 1.82) is 0 Å². The summed E-state index contributed by atoms with van der Waals surface area (Å²) < 4.78 is 5.09. The molecule has 2 rings (SSSR count). The number of hydrogen-bond acceptors (Lipinski definition) is 5. The summed E-state index contributed by atoms with van der Waals surface area (Å²) >= 11 is 0. The van der Waals surface area contributed by atoms with Crippen LogP contribution in [0.1, 0.15) is 40.1 Å². The van der Waals surface area contributed by atoms with E-state index in [0.717, 1.165) is 0 Å². The van der Waals surface area contributed by atoms with Crippen molar-refractivity contribution in [3.05, 3.63) is 69.3 Å². The number of nitro groups is 1. The Labute approximate surface area is 144 Å². The van der Waals surface area contributed by atoms with Crippen LogP contribution in [0.3, 0.4) is 0 Å². The number of nitro benzene ring substituents is 1. The van der Waals surface area contributed by atoms with Gasteiger partial charge in [-0.3, -0.25) is 14.9 Å². The van der Waals surface area contributed by atoms with Gasteiger partial charge in [0.25, 0.3) is 11.6 Å². The molecule has 0 saturated carbocycles. The average Bonchev–Trinajstić information content (AvgIpc) is 2.54. The van der Waals surface area contributed by atoms with E-state index in [-0.39, 0.29) is 17.4 Å². The summed E-state index contributed by atoms with van der Waals surface area (Å²) in [6.45, 7) is 5.04. The smallest absolute Gasteiger partial charge is 0.338 e. The van der Waals surface area contributed by atoms with E-state index in [4.69, 9.17) is 4.74 Å². The highest BCUT2D eigenvalue weighted by Crippen LogP contribution is 2.22. The maximum absolute atomic E-state index is 12.3. The molecule has 0 spiro atoms. The third kappa shape index (κ3) is 4.41. The van der Waals surface area contributed by atoms with E-state index in [9.17, 15) is 19.7 Å². The van der Waals surface area contributed by atoms with Gasteiger partial charge in [0.1, 0.15) is 0 Å². The lowest BCUT2D eigenvalue weighted by molar-refractivity contribution is -0.385. The van der Waals surface area contributed by atoms with E-state index in [0.29, 0.717) is 16.8 Å². The summed E-state index contributed by atoms with van der Waals surface area (Å²) in [5.41, 5.74) is 1.24. The van der Waals surface area contributed by atoms with E-state index in [1.54, 1.807) is 38.1 Å². The monoisotopic (exact) mass is 342 g/mol. The average molecular weight is 342 g/mol. The number of carbonyl (C=O) groups excluding carboxylic acids is 2. The van der Waals surface area contributed by atoms with Crippen molar-refractivity contribution in [3.8, 4) is 0 Å². The van der Waals surface area contributed by atoms with Crippen LogP contribution in [0, 0.1) is 17.0 Å². The highest BCUT2D eigenvalue weighted by molar-refractivity contribution is 6.06. The summed E-state index contributed by atoms with van der Waals surface area (Å²) in [6.07, 6.45) is -0.219. The minimum Gasteiger partial charge on any atom is -0.459 e. The highest BCUT2D eigenvalue weighted by atomic mass is 16.6. The van der Waals surface area contributed by atoms with E-state index in [1.807, 2.05) is 0 Å². The molecule has 0 fully saturated rings. The molecule has 1 N–H and O–H groups in total. The Balaban J connectivity index is 2.15. The minimum absolute atomic E-state index is 0.112. The molecule has 7 heteroatoms. The van der Waals surface area contributed by atoms with E-state index in [1.165, 1.54) is 25.1 Å². The summed E-state index contributed by atoms with van der Waals surface area (Å²) in [6, 6.07) is 10.6. The Hall–Kier alpha value is -3.22. The summed E-state index contributed by atoms with van der Waals surface area (Å²) in [7, 11) is 0. The summed E-state index contributed by atoms with van der Waals surface area (Å²) in [5.74, 6) is -0.902. The first-order valence-electron chi connectivity index (χ1n) is 7.66. The predicted molar refractivity (Wildman–Crippen MR) is 92.8 cm³/mol. The number of anilines is 1. The Bertz CT molecular complexity index is 813. The van der Waals surface area contributed by atoms with E-state index >= 15 is 0 Å². The SMILES string of the molecule is Cc1c(C(=O)Nc2ccc(C(=O)OC(C)C)cc2)cccc1[N+](=O)[O-]. The number of rotatable bonds is 5. The number of esters is 1. The molecule has 2 aromatic rings. The molecular formula is C18H18N2O5. The molecule has 0 aromatic heterocycles. The highest BCUT2D eigenvalue weighted by Gasteiger charge is 2.18. The fourth-order valence-corrected chi connectivity index (χ4v) is 2.24. The number of nitrogens with one attached hydrogen (secondary N) is 1. The molecule has 25 heavy (non-hydrogen) atoms. The maximum atomic E-state index is 12.3. The predicted octanol–water partition coefficient (Wildman–Crippen LogP) is 3.72. The molecule has 130 valence electrons. The lowest BCUT2D eigenvalue weighted by atomic mass is 10.1. The van der Waals surface area contributed by atoms with Crippen molar-refractivity contribution in [2.24, 2.45) is 0 Å². The lowest BCUT2D eigenvalue weighted by Gasteiger charge is -2.10. The van der Waals surface area contributed by atoms with Gasteiger partial charge in [0.05, 0.1) is 16.6 Å². The second-order valence-electron chi connectivity index (χ2n) is 5.69. The number of carbonyl (C=O) groups is 2. The van der Waals surface area contributed by atoms with Crippen LogP contribution in [0.5, 0.6) is 0 Å². The van der Waals surface area contributed by atoms with Crippen LogP contribution in [-0.2, 0) is 4.74 Å². The van der Waals surface area contributed by atoms with Crippen molar-refractivity contribution in [2.45, 2.75) is 26.9 Å². The molecule has 0 saturated heterocycles. The second kappa shape index (κ2) is 7.57. The fourth-order valence-electron chi connectivity index (χ4n) is 2.24. The molecular weight excluding hydrogens is 324 g/mol. The van der Waals surface area contributed by atoms with Crippen molar-refractivity contribution in [3.63, 3.8) is 0 Å². The molecule has 0 atom stereocenters. The second-order valence-corrected chi connectivity index (χ2v) is 5.69. The fraction of sp³-hybridized carbons (Fsp3) is 0.222. The zero-order chi connectivity index (χ0) is 18.6. The van der Waals surface area contributed by atoms with Crippen LogP contribution < -0.4 is 5.32 Å². The summed E-state index contributed by atoms with van der Waals surface area (Å²) in [4.78, 5) is 34.6. The zero-order valence-corrected chi connectivity index (χ0v) is 14.1. The van der Waals surface area contributed by atoms with Gasteiger partial charge in [-0.25, -0.2) is 4.79 Å². The number of ether oxygens (including phenoxy) is 1. The number of amides is 1. The molecule has 0 aliphatic rings. The molecule has 0 aliphatic heterocycles. The van der Waals surface area contributed by atoms with Crippen molar-refractivity contribution < 1.29 is 19.2 Å². The molecule has 0 bridgehead atoms. The Morgan fingerprint density at radius 2 is 1.76 bits per heavy atom.